The highest BCUT2D eigenvalue weighted by Crippen LogP contribution is 2.60. The Morgan fingerprint density at radius 1 is 1.27 bits per heavy atom. The van der Waals surface area contributed by atoms with Crippen LogP contribution in [0, 0.1) is 0 Å². The summed E-state index contributed by atoms with van der Waals surface area (Å²) in [7, 11) is 0.611. The Morgan fingerprint density at radius 2 is 1.73 bits per heavy atom. The Kier molecular flexibility index (Phi) is 3.96. The molecule has 0 bridgehead atoms. The van der Waals surface area contributed by atoms with Crippen molar-refractivity contribution in [3.05, 3.63) is 0 Å². The fourth-order valence-corrected chi connectivity index (χ4v) is 1.86. The molecular formula is C8H20O2P+. The fraction of sp³-hybridized carbons (Fsp3) is 1.00. The van der Waals surface area contributed by atoms with Crippen molar-refractivity contribution >= 4 is 7.26 Å². The molecule has 0 aliphatic carbocycles. The quantitative estimate of drug-likeness (QED) is 0.486. The first kappa shape index (κ1) is 11.4. The van der Waals surface area contributed by atoms with Gasteiger partial charge in [-0.3, -0.25) is 0 Å². The van der Waals surface area contributed by atoms with E-state index in [1.807, 2.05) is 13.8 Å². The lowest BCUT2D eigenvalue weighted by Gasteiger charge is -2.33. The zero-order valence-corrected chi connectivity index (χ0v) is 9.37. The molecule has 0 saturated heterocycles. The summed E-state index contributed by atoms with van der Waals surface area (Å²) in [6.07, 6.45) is 0. The minimum atomic E-state index is -1.10. The minimum Gasteiger partial charge on any atom is -0.323 e. The molecule has 11 heavy (non-hydrogen) atoms. The lowest BCUT2D eigenvalue weighted by molar-refractivity contribution is -0.143. The summed E-state index contributed by atoms with van der Waals surface area (Å²) < 4.78 is 10.9. The van der Waals surface area contributed by atoms with Crippen LogP contribution in [0.25, 0.3) is 0 Å². The number of hydrogen-bond acceptors (Lipinski definition) is 2. The van der Waals surface area contributed by atoms with E-state index in [4.69, 9.17) is 9.47 Å². The predicted molar refractivity (Wildman–Crippen MR) is 51.7 cm³/mol. The summed E-state index contributed by atoms with van der Waals surface area (Å²) in [5.74, 6) is 0. The smallest absolute Gasteiger partial charge is 0.279 e. The highest BCUT2D eigenvalue weighted by atomic mass is 31.2. The molecule has 2 nitrogen and oxygen atoms in total. The molecule has 0 radical (unpaired) electrons. The van der Waals surface area contributed by atoms with E-state index in [1.54, 1.807) is 7.11 Å². The lowest BCUT2D eigenvalue weighted by atomic mass is 10.7. The van der Waals surface area contributed by atoms with Crippen molar-refractivity contribution in [3.8, 4) is 0 Å². The van der Waals surface area contributed by atoms with E-state index in [0.717, 1.165) is 0 Å². The summed E-state index contributed by atoms with van der Waals surface area (Å²) >= 11 is 0. The molecule has 0 N–H and O–H groups in total. The van der Waals surface area contributed by atoms with Gasteiger partial charge in [0.2, 0.25) is 0 Å². The van der Waals surface area contributed by atoms with Gasteiger partial charge < -0.3 is 9.47 Å². The van der Waals surface area contributed by atoms with E-state index in [2.05, 4.69) is 20.0 Å². The maximum absolute atomic E-state index is 5.57. The minimum absolute atomic E-state index is 0.359. The second-order valence-corrected chi connectivity index (χ2v) is 8.38. The van der Waals surface area contributed by atoms with Crippen LogP contribution in [0.1, 0.15) is 13.8 Å². The van der Waals surface area contributed by atoms with Crippen LogP contribution in [0.3, 0.4) is 0 Å². The zero-order chi connectivity index (χ0) is 9.12. The van der Waals surface area contributed by atoms with Gasteiger partial charge in [0.15, 0.2) is 0 Å². The Bertz CT molecular complexity index is 120. The van der Waals surface area contributed by atoms with Crippen LogP contribution in [0.2, 0.25) is 0 Å². The summed E-state index contributed by atoms with van der Waals surface area (Å²) in [6, 6.07) is 0. The number of rotatable bonds is 4. The van der Waals surface area contributed by atoms with Gasteiger partial charge in [-0.05, 0) is 6.92 Å². The van der Waals surface area contributed by atoms with Gasteiger partial charge in [0.25, 0.3) is 5.53 Å². The van der Waals surface area contributed by atoms with Crippen molar-refractivity contribution in [1.82, 2.24) is 0 Å². The first-order chi connectivity index (χ1) is 4.87. The molecule has 1 unspecified atom stereocenters. The molecule has 1 atom stereocenters. The Labute approximate surface area is 70.6 Å². The molecule has 0 heterocycles. The van der Waals surface area contributed by atoms with E-state index in [0.29, 0.717) is 6.61 Å². The average Bonchev–Trinajstić information content (AvgIpc) is 1.86. The standard InChI is InChI=1S/C8H20O2P/c1-7-10-8(2,9-3)11(4,5)6/h7H2,1-6H3/q+1. The summed E-state index contributed by atoms with van der Waals surface area (Å²) in [5.41, 5.74) is -0.359. The average molecular weight is 179 g/mol. The van der Waals surface area contributed by atoms with Crippen molar-refractivity contribution < 1.29 is 9.47 Å². The summed E-state index contributed by atoms with van der Waals surface area (Å²) in [4.78, 5) is 0. The molecule has 0 aromatic rings. The van der Waals surface area contributed by atoms with Crippen molar-refractivity contribution in [3.63, 3.8) is 0 Å². The molecule has 3 heteroatoms. The first-order valence-corrected chi connectivity index (χ1v) is 7.01. The number of ether oxygens (including phenoxy) is 2. The highest BCUT2D eigenvalue weighted by molar-refractivity contribution is 7.74. The van der Waals surface area contributed by atoms with Gasteiger partial charge >= 0.3 is 0 Å². The Morgan fingerprint density at radius 3 is 1.82 bits per heavy atom. The SMILES string of the molecule is CCOC(C)(OC)[P+](C)(C)C. The molecule has 68 valence electrons. The molecule has 0 rings (SSSR count). The van der Waals surface area contributed by atoms with Gasteiger partial charge in [-0.1, -0.05) is 0 Å². The van der Waals surface area contributed by atoms with Gasteiger partial charge in [0.1, 0.15) is 0 Å². The molecule has 0 aliphatic heterocycles. The normalized spacial score (nSPS) is 18.0. The summed E-state index contributed by atoms with van der Waals surface area (Å²) in [6.45, 7) is 11.4. The second kappa shape index (κ2) is 3.84. The molecule has 0 aliphatic rings. The van der Waals surface area contributed by atoms with Crippen molar-refractivity contribution in [2.45, 2.75) is 19.4 Å². The van der Waals surface area contributed by atoms with E-state index < -0.39 is 7.26 Å². The first-order valence-electron chi connectivity index (χ1n) is 3.88. The molecule has 0 saturated carbocycles. The maximum atomic E-state index is 5.57. The highest BCUT2D eigenvalue weighted by Gasteiger charge is 2.45. The van der Waals surface area contributed by atoms with E-state index in [-0.39, 0.29) is 5.53 Å². The van der Waals surface area contributed by atoms with E-state index >= 15 is 0 Å². The van der Waals surface area contributed by atoms with Gasteiger partial charge in [0, 0.05) is 14.0 Å². The van der Waals surface area contributed by atoms with Crippen LogP contribution >= 0.6 is 7.26 Å². The summed E-state index contributed by atoms with van der Waals surface area (Å²) in [5, 5.41) is 0. The largest absolute Gasteiger partial charge is 0.323 e. The van der Waals surface area contributed by atoms with Crippen LogP contribution in [-0.4, -0.2) is 39.2 Å². The fourth-order valence-electron chi connectivity index (χ4n) is 0.794. The Balaban J connectivity index is 4.33. The molecule has 0 amide bonds. The van der Waals surface area contributed by atoms with Crippen LogP contribution in [-0.2, 0) is 9.47 Å². The predicted octanol–water partition coefficient (Wildman–Crippen LogP) is 2.25. The van der Waals surface area contributed by atoms with Crippen molar-refractivity contribution in [1.29, 1.82) is 0 Å². The van der Waals surface area contributed by atoms with Crippen molar-refractivity contribution in [2.24, 2.45) is 0 Å². The third-order valence-corrected chi connectivity index (χ3v) is 4.76. The van der Waals surface area contributed by atoms with Crippen LogP contribution in [0.5, 0.6) is 0 Å². The number of methoxy groups -OCH3 is 1. The molecule has 0 aromatic heterocycles. The number of hydrogen-bond donors (Lipinski definition) is 0. The van der Waals surface area contributed by atoms with Gasteiger partial charge in [0.05, 0.1) is 33.9 Å². The lowest BCUT2D eigenvalue weighted by Crippen LogP contribution is -2.33. The van der Waals surface area contributed by atoms with Crippen LogP contribution in [0.15, 0.2) is 0 Å². The van der Waals surface area contributed by atoms with Gasteiger partial charge in [-0.2, -0.15) is 0 Å². The maximum Gasteiger partial charge on any atom is 0.279 e. The molecule has 0 aromatic carbocycles. The molecule has 0 fully saturated rings. The second-order valence-electron chi connectivity index (χ2n) is 3.55. The topological polar surface area (TPSA) is 18.5 Å². The zero-order valence-electron chi connectivity index (χ0n) is 8.47. The molecule has 0 spiro atoms. The third-order valence-electron chi connectivity index (χ3n) is 2.01. The van der Waals surface area contributed by atoms with Gasteiger partial charge in [-0.15, -0.1) is 0 Å². The Hall–Kier alpha value is 0.350. The van der Waals surface area contributed by atoms with Crippen LogP contribution < -0.4 is 0 Å². The third kappa shape index (κ3) is 2.70. The van der Waals surface area contributed by atoms with Crippen molar-refractivity contribution in [2.75, 3.05) is 33.7 Å². The van der Waals surface area contributed by atoms with Gasteiger partial charge in [-0.25, -0.2) is 0 Å². The van der Waals surface area contributed by atoms with E-state index in [9.17, 15) is 0 Å². The van der Waals surface area contributed by atoms with E-state index in [1.165, 1.54) is 0 Å². The molecular weight excluding hydrogens is 159 g/mol. The monoisotopic (exact) mass is 179 g/mol. The van der Waals surface area contributed by atoms with Crippen LogP contribution in [0.4, 0.5) is 0 Å².